The number of anilines is 2. The number of hydrogen-bond donors (Lipinski definition) is 2. The molecule has 1 saturated carbocycles. The number of hydrogen-bond acceptors (Lipinski definition) is 6. The highest BCUT2D eigenvalue weighted by atomic mass is 19.1. The Bertz CT molecular complexity index is 885. The van der Waals surface area contributed by atoms with Gasteiger partial charge in [-0.2, -0.15) is 0 Å². The molecule has 1 saturated heterocycles. The average molecular weight is 371 g/mol. The predicted octanol–water partition coefficient (Wildman–Crippen LogP) is 1.72. The molecule has 9 heteroatoms. The number of halogens is 1. The smallest absolute Gasteiger partial charge is 0.414 e. The van der Waals surface area contributed by atoms with E-state index in [0.29, 0.717) is 16.8 Å². The van der Waals surface area contributed by atoms with Gasteiger partial charge in [-0.1, -0.05) is 0 Å². The summed E-state index contributed by atoms with van der Waals surface area (Å²) >= 11 is 0. The number of benzene rings is 1. The molecule has 1 atom stereocenters. The van der Waals surface area contributed by atoms with E-state index >= 15 is 0 Å². The number of nitrogens with zero attached hydrogens (tertiary/aromatic N) is 3. The van der Waals surface area contributed by atoms with Crippen molar-refractivity contribution < 1.29 is 18.7 Å². The number of nitrogen functional groups attached to an aromatic ring is 1. The van der Waals surface area contributed by atoms with Crippen LogP contribution in [0.3, 0.4) is 0 Å². The molecule has 1 aliphatic carbocycles. The Balaban J connectivity index is 1.44. The number of carbonyl (C=O) groups is 2. The van der Waals surface area contributed by atoms with Crippen molar-refractivity contribution in [1.82, 2.24) is 15.3 Å². The maximum absolute atomic E-state index is 14.5. The Morgan fingerprint density at radius 2 is 2.07 bits per heavy atom. The van der Waals surface area contributed by atoms with Gasteiger partial charge in [-0.05, 0) is 31.0 Å². The van der Waals surface area contributed by atoms with Crippen LogP contribution >= 0.6 is 0 Å². The number of rotatable bonds is 5. The van der Waals surface area contributed by atoms with Gasteiger partial charge >= 0.3 is 6.09 Å². The third kappa shape index (κ3) is 3.67. The van der Waals surface area contributed by atoms with Gasteiger partial charge in [-0.15, -0.1) is 0 Å². The van der Waals surface area contributed by atoms with Crippen molar-refractivity contribution in [2.45, 2.75) is 18.9 Å². The summed E-state index contributed by atoms with van der Waals surface area (Å²) in [6.07, 6.45) is 3.66. The van der Waals surface area contributed by atoms with Crippen LogP contribution in [0.1, 0.15) is 12.8 Å². The highest BCUT2D eigenvalue weighted by Gasteiger charge is 2.35. The highest BCUT2D eigenvalue weighted by Crippen LogP contribution is 2.30. The molecule has 4 rings (SSSR count). The van der Waals surface area contributed by atoms with Crippen LogP contribution in [-0.4, -0.2) is 41.2 Å². The SMILES string of the molecule is Nc1ncc(-c2ccc(N3C[C@H](CNC(=O)C4CC4)OC3=O)cc2F)cn1. The molecule has 2 heterocycles. The quantitative estimate of drug-likeness (QED) is 0.828. The minimum atomic E-state index is -0.566. The minimum Gasteiger partial charge on any atom is -0.442 e. The summed E-state index contributed by atoms with van der Waals surface area (Å²) in [5.74, 6) is -0.322. The zero-order valence-electron chi connectivity index (χ0n) is 14.4. The molecule has 2 aromatic rings. The van der Waals surface area contributed by atoms with E-state index in [1.807, 2.05) is 0 Å². The lowest BCUT2D eigenvalue weighted by Crippen LogP contribution is -2.35. The van der Waals surface area contributed by atoms with Gasteiger partial charge in [-0.25, -0.2) is 19.2 Å². The lowest BCUT2D eigenvalue weighted by atomic mass is 10.1. The fourth-order valence-electron chi connectivity index (χ4n) is 2.93. The van der Waals surface area contributed by atoms with Gasteiger partial charge in [0.1, 0.15) is 11.9 Å². The fourth-order valence-corrected chi connectivity index (χ4v) is 2.93. The first-order chi connectivity index (χ1) is 13.0. The van der Waals surface area contributed by atoms with Crippen molar-refractivity contribution in [3.8, 4) is 11.1 Å². The number of cyclic esters (lactones) is 1. The van der Waals surface area contributed by atoms with Crippen LogP contribution in [0.15, 0.2) is 30.6 Å². The Labute approximate surface area is 154 Å². The first-order valence-corrected chi connectivity index (χ1v) is 8.64. The lowest BCUT2D eigenvalue weighted by Gasteiger charge is -2.14. The largest absolute Gasteiger partial charge is 0.442 e. The Morgan fingerprint density at radius 3 is 2.74 bits per heavy atom. The summed E-state index contributed by atoms with van der Waals surface area (Å²) in [5.41, 5.74) is 6.61. The van der Waals surface area contributed by atoms with Gasteiger partial charge < -0.3 is 15.8 Å². The summed E-state index contributed by atoms with van der Waals surface area (Å²) in [6, 6.07) is 4.44. The van der Waals surface area contributed by atoms with Gasteiger partial charge in [0.25, 0.3) is 0 Å². The molecule has 140 valence electrons. The second kappa shape index (κ2) is 6.82. The Kier molecular flexibility index (Phi) is 4.35. The Hall–Kier alpha value is -3.23. The number of ether oxygens (including phenoxy) is 1. The molecular formula is C18H18FN5O3. The average Bonchev–Trinajstić information content (AvgIpc) is 3.44. The van der Waals surface area contributed by atoms with Crippen LogP contribution in [0.5, 0.6) is 0 Å². The van der Waals surface area contributed by atoms with Crippen molar-refractivity contribution in [2.75, 3.05) is 23.7 Å². The molecule has 0 bridgehead atoms. The minimum absolute atomic E-state index is 0.00869. The van der Waals surface area contributed by atoms with Gasteiger partial charge in [0.05, 0.1) is 18.8 Å². The molecule has 8 nitrogen and oxygen atoms in total. The summed E-state index contributed by atoms with van der Waals surface area (Å²) in [5, 5.41) is 2.78. The third-order valence-electron chi connectivity index (χ3n) is 4.57. The topological polar surface area (TPSA) is 110 Å². The van der Waals surface area contributed by atoms with Crippen LogP contribution in [-0.2, 0) is 9.53 Å². The Morgan fingerprint density at radius 1 is 1.33 bits per heavy atom. The molecular weight excluding hydrogens is 353 g/mol. The maximum atomic E-state index is 14.5. The first kappa shape index (κ1) is 17.2. The van der Waals surface area contributed by atoms with Crippen molar-refractivity contribution in [3.05, 3.63) is 36.4 Å². The molecule has 27 heavy (non-hydrogen) atoms. The molecule has 2 amide bonds. The highest BCUT2D eigenvalue weighted by molar-refractivity contribution is 5.90. The zero-order valence-corrected chi connectivity index (χ0v) is 14.4. The van der Waals surface area contributed by atoms with E-state index in [-0.39, 0.29) is 30.9 Å². The van der Waals surface area contributed by atoms with E-state index in [1.165, 1.54) is 23.4 Å². The van der Waals surface area contributed by atoms with E-state index in [4.69, 9.17) is 10.5 Å². The molecule has 2 fully saturated rings. The normalized spacial score (nSPS) is 19.1. The van der Waals surface area contributed by atoms with Crippen molar-refractivity contribution in [1.29, 1.82) is 0 Å². The summed E-state index contributed by atoms with van der Waals surface area (Å²) in [4.78, 5) is 32.9. The molecule has 1 aliphatic heterocycles. The standard InChI is InChI=1S/C18H18FN5O3/c19-15-5-12(3-4-14(15)11-6-22-17(20)23-7-11)24-9-13(27-18(24)26)8-21-16(25)10-1-2-10/h3-7,10,13H,1-2,8-9H2,(H,21,25)(H2,20,22,23)/t13-/m0/s1. The second-order valence-corrected chi connectivity index (χ2v) is 6.63. The van der Waals surface area contributed by atoms with Crippen molar-refractivity contribution in [3.63, 3.8) is 0 Å². The summed E-state index contributed by atoms with van der Waals surface area (Å²) in [7, 11) is 0. The van der Waals surface area contributed by atoms with E-state index < -0.39 is 18.0 Å². The molecule has 0 radical (unpaired) electrons. The molecule has 0 spiro atoms. The van der Waals surface area contributed by atoms with E-state index in [1.54, 1.807) is 12.1 Å². The van der Waals surface area contributed by atoms with E-state index in [0.717, 1.165) is 12.8 Å². The first-order valence-electron chi connectivity index (χ1n) is 8.64. The van der Waals surface area contributed by atoms with E-state index in [9.17, 15) is 14.0 Å². The monoisotopic (exact) mass is 371 g/mol. The molecule has 0 unspecified atom stereocenters. The fraction of sp³-hybridized carbons (Fsp3) is 0.333. The number of amides is 2. The number of aromatic nitrogens is 2. The van der Waals surface area contributed by atoms with Crippen molar-refractivity contribution in [2.24, 2.45) is 5.92 Å². The number of nitrogens with two attached hydrogens (primary N) is 1. The van der Waals surface area contributed by atoms with Crippen LogP contribution in [0.2, 0.25) is 0 Å². The maximum Gasteiger partial charge on any atom is 0.414 e. The van der Waals surface area contributed by atoms with Gasteiger partial charge in [0, 0.05) is 29.4 Å². The van der Waals surface area contributed by atoms with Crippen LogP contribution in [0, 0.1) is 11.7 Å². The van der Waals surface area contributed by atoms with Gasteiger partial charge in [0.2, 0.25) is 11.9 Å². The van der Waals surface area contributed by atoms with Gasteiger partial charge in [-0.3, -0.25) is 9.69 Å². The molecule has 1 aromatic heterocycles. The predicted molar refractivity (Wildman–Crippen MR) is 95.2 cm³/mol. The molecule has 2 aliphatic rings. The van der Waals surface area contributed by atoms with Crippen LogP contribution < -0.4 is 16.0 Å². The zero-order chi connectivity index (χ0) is 19.0. The number of carbonyl (C=O) groups excluding carboxylic acids is 2. The molecule has 1 aromatic carbocycles. The number of nitrogens with one attached hydrogen (secondary N) is 1. The van der Waals surface area contributed by atoms with Crippen molar-refractivity contribution >= 4 is 23.6 Å². The second-order valence-electron chi connectivity index (χ2n) is 6.63. The van der Waals surface area contributed by atoms with Crippen LogP contribution in [0.25, 0.3) is 11.1 Å². The molecule has 3 N–H and O–H groups in total. The van der Waals surface area contributed by atoms with E-state index in [2.05, 4.69) is 15.3 Å². The summed E-state index contributed by atoms with van der Waals surface area (Å²) in [6.45, 7) is 0.495. The lowest BCUT2D eigenvalue weighted by molar-refractivity contribution is -0.122. The van der Waals surface area contributed by atoms with Crippen LogP contribution in [0.4, 0.5) is 20.8 Å². The summed E-state index contributed by atoms with van der Waals surface area (Å²) < 4.78 is 19.8. The third-order valence-corrected chi connectivity index (χ3v) is 4.57. The van der Waals surface area contributed by atoms with Gasteiger partial charge in [0.15, 0.2) is 0 Å².